The molecule has 4 rings (SSSR count). The third-order valence-corrected chi connectivity index (χ3v) is 5.77. The molecule has 0 bridgehead atoms. The van der Waals surface area contributed by atoms with Gasteiger partial charge < -0.3 is 14.6 Å². The Bertz CT molecular complexity index is 1070. The van der Waals surface area contributed by atoms with Crippen molar-refractivity contribution in [2.75, 3.05) is 0 Å². The topological polar surface area (TPSA) is 64.4 Å². The molecule has 1 aliphatic rings. The average Bonchev–Trinajstić information content (AvgIpc) is 3.42. The molecule has 168 valence electrons. The maximum atomic E-state index is 12.8. The lowest BCUT2D eigenvalue weighted by Gasteiger charge is -2.17. The molecule has 1 N–H and O–H groups in total. The van der Waals surface area contributed by atoms with Crippen LogP contribution < -0.4 is 10.1 Å². The molecule has 1 heterocycles. The number of alkyl halides is 3. The van der Waals surface area contributed by atoms with E-state index in [4.69, 9.17) is 16.1 Å². The molecule has 2 atom stereocenters. The number of halogens is 4. The van der Waals surface area contributed by atoms with Gasteiger partial charge in [-0.25, -0.2) is 0 Å². The Labute approximate surface area is 187 Å². The van der Waals surface area contributed by atoms with Gasteiger partial charge in [0.2, 0.25) is 5.91 Å². The number of benzene rings is 2. The first-order chi connectivity index (χ1) is 15.3. The molecule has 2 aromatic carbocycles. The van der Waals surface area contributed by atoms with Gasteiger partial charge in [0, 0.05) is 35.0 Å². The van der Waals surface area contributed by atoms with Gasteiger partial charge in [-0.3, -0.25) is 4.79 Å². The SMILES string of the molecule is O=C(NCc1ccc(OC(F)(F)F)cc1)[C@@H]1CCC[C@H]1c1cc(-c2ccc(Cl)cc2)on1. The van der Waals surface area contributed by atoms with Crippen LogP contribution in [0.15, 0.2) is 59.1 Å². The molecule has 0 radical (unpaired) electrons. The number of rotatable bonds is 6. The summed E-state index contributed by atoms with van der Waals surface area (Å²) < 4.78 is 46.1. The van der Waals surface area contributed by atoms with Crippen molar-refractivity contribution in [1.29, 1.82) is 0 Å². The fourth-order valence-electron chi connectivity index (χ4n) is 3.97. The smallest absolute Gasteiger partial charge is 0.406 e. The van der Waals surface area contributed by atoms with Gasteiger partial charge in [-0.05, 0) is 54.8 Å². The lowest BCUT2D eigenvalue weighted by atomic mass is 9.91. The molecule has 3 aromatic rings. The van der Waals surface area contributed by atoms with E-state index in [0.29, 0.717) is 16.3 Å². The minimum atomic E-state index is -4.73. The molecule has 0 saturated heterocycles. The fourth-order valence-corrected chi connectivity index (χ4v) is 4.10. The standard InChI is InChI=1S/C23H20ClF3N2O3/c24-16-8-6-15(7-9-16)21-12-20(29-32-21)18-2-1-3-19(18)22(30)28-13-14-4-10-17(11-5-14)31-23(25,26)27/h4-12,18-19H,1-3,13H2,(H,28,30)/t18-,19-/m1/s1. The number of nitrogens with zero attached hydrogens (tertiary/aromatic N) is 1. The quantitative estimate of drug-likeness (QED) is 0.479. The van der Waals surface area contributed by atoms with E-state index in [1.54, 1.807) is 12.1 Å². The van der Waals surface area contributed by atoms with Crippen LogP contribution in [-0.2, 0) is 11.3 Å². The predicted octanol–water partition coefficient (Wildman–Crippen LogP) is 6.09. The first kappa shape index (κ1) is 22.2. The summed E-state index contributed by atoms with van der Waals surface area (Å²) in [6.45, 7) is 0.211. The number of hydrogen-bond acceptors (Lipinski definition) is 4. The van der Waals surface area contributed by atoms with Crippen LogP contribution in [0, 0.1) is 5.92 Å². The van der Waals surface area contributed by atoms with Gasteiger partial charge in [-0.2, -0.15) is 0 Å². The van der Waals surface area contributed by atoms with Crippen molar-refractivity contribution in [3.8, 4) is 17.1 Å². The van der Waals surface area contributed by atoms with Crippen LogP contribution in [0.5, 0.6) is 5.75 Å². The van der Waals surface area contributed by atoms with Crippen LogP contribution in [0.1, 0.15) is 36.4 Å². The molecule has 0 spiro atoms. The fraction of sp³-hybridized carbons (Fsp3) is 0.304. The van der Waals surface area contributed by atoms with Crippen LogP contribution in [0.25, 0.3) is 11.3 Å². The van der Waals surface area contributed by atoms with Crippen molar-refractivity contribution < 1.29 is 27.2 Å². The number of aromatic nitrogens is 1. The Morgan fingerprint density at radius 1 is 1.12 bits per heavy atom. The summed E-state index contributed by atoms with van der Waals surface area (Å²) in [6.07, 6.45) is -2.27. The molecule has 0 unspecified atom stereocenters. The van der Waals surface area contributed by atoms with Gasteiger partial charge in [-0.15, -0.1) is 13.2 Å². The second-order valence-electron chi connectivity index (χ2n) is 7.68. The van der Waals surface area contributed by atoms with Gasteiger partial charge in [-0.1, -0.05) is 35.3 Å². The summed E-state index contributed by atoms with van der Waals surface area (Å²) in [5, 5.41) is 7.70. The highest BCUT2D eigenvalue weighted by atomic mass is 35.5. The lowest BCUT2D eigenvalue weighted by molar-refractivity contribution is -0.274. The minimum absolute atomic E-state index is 0.0534. The highest BCUT2D eigenvalue weighted by Crippen LogP contribution is 2.40. The Kier molecular flexibility index (Phi) is 6.41. The first-order valence-corrected chi connectivity index (χ1v) is 10.5. The third kappa shape index (κ3) is 5.43. The third-order valence-electron chi connectivity index (χ3n) is 5.51. The van der Waals surface area contributed by atoms with E-state index in [2.05, 4.69) is 15.2 Å². The van der Waals surface area contributed by atoms with Crippen LogP contribution in [0.2, 0.25) is 5.02 Å². The number of nitrogens with one attached hydrogen (secondary N) is 1. The van der Waals surface area contributed by atoms with Crippen molar-refractivity contribution >= 4 is 17.5 Å². The van der Waals surface area contributed by atoms with Crippen molar-refractivity contribution in [3.63, 3.8) is 0 Å². The van der Waals surface area contributed by atoms with Crippen molar-refractivity contribution in [1.82, 2.24) is 10.5 Å². The van der Waals surface area contributed by atoms with Gasteiger partial charge in [0.1, 0.15) is 5.75 Å². The monoisotopic (exact) mass is 464 g/mol. The van der Waals surface area contributed by atoms with E-state index < -0.39 is 6.36 Å². The van der Waals surface area contributed by atoms with Crippen LogP contribution in [0.4, 0.5) is 13.2 Å². The molecule has 0 aliphatic heterocycles. The predicted molar refractivity (Wildman–Crippen MR) is 112 cm³/mol. The van der Waals surface area contributed by atoms with Crippen molar-refractivity contribution in [2.24, 2.45) is 5.92 Å². The van der Waals surface area contributed by atoms with Crippen LogP contribution >= 0.6 is 11.6 Å². The van der Waals surface area contributed by atoms with Crippen molar-refractivity contribution in [2.45, 2.75) is 38.1 Å². The highest BCUT2D eigenvalue weighted by Gasteiger charge is 2.36. The summed E-state index contributed by atoms with van der Waals surface area (Å²) in [5.41, 5.74) is 2.26. The summed E-state index contributed by atoms with van der Waals surface area (Å²) in [7, 11) is 0. The highest BCUT2D eigenvalue weighted by molar-refractivity contribution is 6.30. The van der Waals surface area contributed by atoms with Crippen molar-refractivity contribution in [3.05, 3.63) is 70.9 Å². The summed E-state index contributed by atoms with van der Waals surface area (Å²) >= 11 is 5.93. The van der Waals surface area contributed by atoms with E-state index in [0.717, 1.165) is 30.5 Å². The molecule has 1 fully saturated rings. The zero-order valence-electron chi connectivity index (χ0n) is 16.9. The van der Waals surface area contributed by atoms with Gasteiger partial charge in [0.25, 0.3) is 0 Å². The lowest BCUT2D eigenvalue weighted by Crippen LogP contribution is -2.31. The summed E-state index contributed by atoms with van der Waals surface area (Å²) in [5.74, 6) is -0.0950. The van der Waals surface area contributed by atoms with Gasteiger partial charge >= 0.3 is 6.36 Å². The largest absolute Gasteiger partial charge is 0.573 e. The minimum Gasteiger partial charge on any atom is -0.406 e. The Morgan fingerprint density at radius 2 is 1.84 bits per heavy atom. The molecule has 1 amide bonds. The summed E-state index contributed by atoms with van der Waals surface area (Å²) in [4.78, 5) is 12.8. The molecule has 1 saturated carbocycles. The molecule has 9 heteroatoms. The number of ether oxygens (including phenoxy) is 1. The molecule has 1 aromatic heterocycles. The Hall–Kier alpha value is -3.00. The van der Waals surface area contributed by atoms with E-state index in [-0.39, 0.29) is 30.0 Å². The Balaban J connectivity index is 1.37. The zero-order valence-corrected chi connectivity index (χ0v) is 17.6. The number of hydrogen-bond donors (Lipinski definition) is 1. The average molecular weight is 465 g/mol. The normalized spacial score (nSPS) is 18.5. The zero-order chi connectivity index (χ0) is 22.7. The molecule has 32 heavy (non-hydrogen) atoms. The molecule has 5 nitrogen and oxygen atoms in total. The van der Waals surface area contributed by atoms with Crippen LogP contribution in [0.3, 0.4) is 0 Å². The first-order valence-electron chi connectivity index (χ1n) is 10.1. The molecular formula is C23H20ClF3N2O3. The van der Waals surface area contributed by atoms with Gasteiger partial charge in [0.15, 0.2) is 5.76 Å². The Morgan fingerprint density at radius 3 is 2.53 bits per heavy atom. The number of carbonyl (C=O) groups is 1. The maximum Gasteiger partial charge on any atom is 0.573 e. The van der Waals surface area contributed by atoms with Crippen LogP contribution in [-0.4, -0.2) is 17.4 Å². The second-order valence-corrected chi connectivity index (χ2v) is 8.11. The summed E-state index contributed by atoms with van der Waals surface area (Å²) in [6, 6.07) is 14.5. The number of amides is 1. The molecular weight excluding hydrogens is 445 g/mol. The maximum absolute atomic E-state index is 12.8. The van der Waals surface area contributed by atoms with E-state index >= 15 is 0 Å². The van der Waals surface area contributed by atoms with Gasteiger partial charge in [0.05, 0.1) is 5.69 Å². The van der Waals surface area contributed by atoms with E-state index in [9.17, 15) is 18.0 Å². The van der Waals surface area contributed by atoms with E-state index in [1.165, 1.54) is 24.3 Å². The van der Waals surface area contributed by atoms with E-state index in [1.807, 2.05) is 18.2 Å². The number of carbonyl (C=O) groups excluding carboxylic acids is 1. The second kappa shape index (κ2) is 9.24. The molecule has 1 aliphatic carbocycles.